The van der Waals surface area contributed by atoms with E-state index in [0.29, 0.717) is 19.1 Å². The Balaban J connectivity index is 1.47. The number of carbonyl (C=O) groups is 1. The molecule has 1 aliphatic carbocycles. The quantitative estimate of drug-likeness (QED) is 0.746. The topological polar surface area (TPSA) is 95.8 Å². The van der Waals surface area contributed by atoms with E-state index in [1.165, 1.54) is 25.7 Å². The fourth-order valence-electron chi connectivity index (χ4n) is 4.41. The number of anilines is 1. The van der Waals surface area contributed by atoms with Gasteiger partial charge in [0.05, 0.1) is 18.5 Å². The lowest BCUT2D eigenvalue weighted by atomic mass is 9.93. The molecule has 2 aromatic heterocycles. The average Bonchev–Trinajstić information content (AvgIpc) is 3.34. The van der Waals surface area contributed by atoms with Crippen molar-refractivity contribution >= 4 is 27.4 Å². The van der Waals surface area contributed by atoms with Crippen LogP contribution in [-0.4, -0.2) is 60.5 Å². The van der Waals surface area contributed by atoms with Crippen molar-refractivity contribution in [3.63, 3.8) is 0 Å². The van der Waals surface area contributed by atoms with Crippen LogP contribution >= 0.6 is 0 Å². The second kappa shape index (κ2) is 8.31. The first-order chi connectivity index (χ1) is 13.9. The van der Waals surface area contributed by atoms with Crippen molar-refractivity contribution in [2.24, 2.45) is 0 Å². The number of fused-ring (bicyclic) bond motifs is 1. The van der Waals surface area contributed by atoms with E-state index < -0.39 is 10.0 Å². The Morgan fingerprint density at radius 1 is 1.17 bits per heavy atom. The summed E-state index contributed by atoms with van der Waals surface area (Å²) < 4.78 is 26.9. The summed E-state index contributed by atoms with van der Waals surface area (Å²) in [5.41, 5.74) is 2.03. The largest absolute Gasteiger partial charge is 0.367 e. The Labute approximate surface area is 171 Å². The van der Waals surface area contributed by atoms with Crippen LogP contribution in [0.5, 0.6) is 0 Å². The monoisotopic (exact) mass is 419 g/mol. The molecule has 1 aliphatic heterocycles. The molecule has 2 aliphatic rings. The number of hydrogen-bond acceptors (Lipinski definition) is 5. The van der Waals surface area contributed by atoms with Crippen LogP contribution in [0.3, 0.4) is 0 Å². The van der Waals surface area contributed by atoms with Crippen LogP contribution < -0.4 is 10.0 Å². The van der Waals surface area contributed by atoms with E-state index in [4.69, 9.17) is 4.98 Å². The Hall–Kier alpha value is -2.13. The number of aromatic nitrogens is 2. The van der Waals surface area contributed by atoms with Gasteiger partial charge in [0.1, 0.15) is 11.5 Å². The first-order valence-corrected chi connectivity index (χ1v) is 12.3. The molecule has 9 heteroatoms. The maximum atomic E-state index is 12.3. The molecule has 158 valence electrons. The molecule has 2 fully saturated rings. The van der Waals surface area contributed by atoms with Crippen molar-refractivity contribution in [2.45, 2.75) is 50.5 Å². The van der Waals surface area contributed by atoms with E-state index in [1.54, 1.807) is 4.90 Å². The highest BCUT2D eigenvalue weighted by atomic mass is 32.2. The number of carbonyl (C=O) groups excluding carboxylic acids is 1. The van der Waals surface area contributed by atoms with Gasteiger partial charge in [-0.15, -0.1) is 0 Å². The van der Waals surface area contributed by atoms with Gasteiger partial charge < -0.3 is 10.2 Å². The number of sulfonamides is 1. The molecule has 0 aromatic carbocycles. The predicted octanol–water partition coefficient (Wildman–Crippen LogP) is 1.94. The van der Waals surface area contributed by atoms with E-state index in [-0.39, 0.29) is 18.4 Å². The van der Waals surface area contributed by atoms with Gasteiger partial charge in [-0.1, -0.05) is 18.9 Å². The molecule has 1 amide bonds. The molecule has 0 bridgehead atoms. The summed E-state index contributed by atoms with van der Waals surface area (Å²) in [4.78, 5) is 19.0. The Morgan fingerprint density at radius 2 is 1.90 bits per heavy atom. The molecule has 8 nitrogen and oxygen atoms in total. The lowest BCUT2D eigenvalue weighted by Gasteiger charge is -2.32. The number of rotatable bonds is 6. The summed E-state index contributed by atoms with van der Waals surface area (Å²) in [5.74, 6) is 1.20. The highest BCUT2D eigenvalue weighted by Crippen LogP contribution is 2.35. The minimum atomic E-state index is -3.36. The zero-order valence-electron chi connectivity index (χ0n) is 16.8. The first-order valence-electron chi connectivity index (χ1n) is 10.4. The summed E-state index contributed by atoms with van der Waals surface area (Å²) in [6.45, 7) is 1.06. The van der Waals surface area contributed by atoms with Crippen LogP contribution in [0.4, 0.5) is 5.82 Å². The van der Waals surface area contributed by atoms with Gasteiger partial charge in [-0.2, -0.15) is 0 Å². The predicted molar refractivity (Wildman–Crippen MR) is 112 cm³/mol. The number of likely N-dealkylation sites (tertiary alicyclic amines) is 1. The van der Waals surface area contributed by atoms with E-state index >= 15 is 0 Å². The molecule has 4 rings (SSSR count). The van der Waals surface area contributed by atoms with Gasteiger partial charge in [0.2, 0.25) is 15.9 Å². The average molecular weight is 420 g/mol. The number of hydrogen-bond donors (Lipinski definition) is 2. The standard InChI is InChI=1S/C20H29N5O3S/c1-29(27,28)21-14-18(26)24-12-9-15(10-13-24)19-20(22-16-6-2-3-7-16)25-11-5-4-8-17(25)23-19/h4-5,8,11,15-16,21-22H,2-3,6-7,9-10,12-14H2,1H3. The number of nitrogens with one attached hydrogen (secondary N) is 2. The van der Waals surface area contributed by atoms with E-state index in [9.17, 15) is 13.2 Å². The van der Waals surface area contributed by atoms with Crippen molar-refractivity contribution in [2.75, 3.05) is 31.2 Å². The van der Waals surface area contributed by atoms with Crippen LogP contribution in [0.1, 0.15) is 50.1 Å². The van der Waals surface area contributed by atoms with Crippen molar-refractivity contribution in [1.29, 1.82) is 0 Å². The summed E-state index contributed by atoms with van der Waals surface area (Å²) >= 11 is 0. The zero-order valence-corrected chi connectivity index (χ0v) is 17.6. The summed E-state index contributed by atoms with van der Waals surface area (Å²) in [6.07, 6.45) is 9.70. The Morgan fingerprint density at radius 3 is 2.59 bits per heavy atom. The Kier molecular flexibility index (Phi) is 5.78. The lowest BCUT2D eigenvalue weighted by molar-refractivity contribution is -0.130. The molecule has 2 N–H and O–H groups in total. The minimum Gasteiger partial charge on any atom is -0.367 e. The zero-order chi connectivity index (χ0) is 20.4. The molecule has 3 heterocycles. The molecule has 29 heavy (non-hydrogen) atoms. The third kappa shape index (κ3) is 4.72. The molecule has 0 spiro atoms. The molecule has 0 unspecified atom stereocenters. The normalized spacial score (nSPS) is 19.1. The maximum absolute atomic E-state index is 12.3. The van der Waals surface area contributed by atoms with Crippen LogP contribution in [0.15, 0.2) is 24.4 Å². The highest BCUT2D eigenvalue weighted by molar-refractivity contribution is 7.88. The molecule has 1 saturated heterocycles. The van der Waals surface area contributed by atoms with Gasteiger partial charge in [-0.05, 0) is 37.8 Å². The SMILES string of the molecule is CS(=O)(=O)NCC(=O)N1CCC(c2nc3ccccn3c2NC2CCCC2)CC1. The van der Waals surface area contributed by atoms with Crippen molar-refractivity contribution in [3.05, 3.63) is 30.1 Å². The van der Waals surface area contributed by atoms with Gasteiger partial charge in [0.15, 0.2) is 0 Å². The second-order valence-electron chi connectivity index (χ2n) is 8.15. The summed E-state index contributed by atoms with van der Waals surface area (Å²) in [6, 6.07) is 6.55. The van der Waals surface area contributed by atoms with E-state index in [2.05, 4.69) is 20.6 Å². The number of amides is 1. The molecule has 0 atom stereocenters. The van der Waals surface area contributed by atoms with Crippen LogP contribution in [0, 0.1) is 0 Å². The number of pyridine rings is 1. The van der Waals surface area contributed by atoms with Gasteiger partial charge >= 0.3 is 0 Å². The summed E-state index contributed by atoms with van der Waals surface area (Å²) in [7, 11) is -3.36. The molecule has 1 saturated carbocycles. The molecule has 0 radical (unpaired) electrons. The minimum absolute atomic E-state index is 0.173. The van der Waals surface area contributed by atoms with Crippen molar-refractivity contribution in [1.82, 2.24) is 19.0 Å². The first kappa shape index (κ1) is 20.2. The lowest BCUT2D eigenvalue weighted by Crippen LogP contribution is -2.43. The van der Waals surface area contributed by atoms with Crippen LogP contribution in [-0.2, 0) is 14.8 Å². The van der Waals surface area contributed by atoms with Crippen molar-refractivity contribution < 1.29 is 13.2 Å². The molecular weight excluding hydrogens is 390 g/mol. The van der Waals surface area contributed by atoms with Crippen molar-refractivity contribution in [3.8, 4) is 0 Å². The third-order valence-electron chi connectivity index (χ3n) is 5.97. The van der Waals surface area contributed by atoms with Gasteiger partial charge in [-0.25, -0.2) is 18.1 Å². The van der Waals surface area contributed by atoms with E-state index in [0.717, 1.165) is 36.3 Å². The van der Waals surface area contributed by atoms with Gasteiger partial charge in [0, 0.05) is 31.2 Å². The van der Waals surface area contributed by atoms with Crippen LogP contribution in [0.2, 0.25) is 0 Å². The fraction of sp³-hybridized carbons (Fsp3) is 0.600. The number of imidazole rings is 1. The second-order valence-corrected chi connectivity index (χ2v) is 9.98. The summed E-state index contributed by atoms with van der Waals surface area (Å²) in [5, 5.41) is 3.74. The number of nitrogens with zero attached hydrogens (tertiary/aromatic N) is 3. The fourth-order valence-corrected chi connectivity index (χ4v) is 4.80. The smallest absolute Gasteiger partial charge is 0.237 e. The van der Waals surface area contributed by atoms with Gasteiger partial charge in [-0.3, -0.25) is 9.20 Å². The Bertz CT molecular complexity index is 973. The highest BCUT2D eigenvalue weighted by Gasteiger charge is 2.29. The molecular formula is C20H29N5O3S. The van der Waals surface area contributed by atoms with E-state index in [1.807, 2.05) is 18.2 Å². The third-order valence-corrected chi connectivity index (χ3v) is 6.64. The molecule has 2 aromatic rings. The van der Waals surface area contributed by atoms with Gasteiger partial charge in [0.25, 0.3) is 0 Å². The van der Waals surface area contributed by atoms with Crippen LogP contribution in [0.25, 0.3) is 5.65 Å². The number of piperidine rings is 1. The maximum Gasteiger partial charge on any atom is 0.237 e.